The molecule has 0 aliphatic heterocycles. The van der Waals surface area contributed by atoms with Gasteiger partial charge in [0.25, 0.3) is 0 Å². The van der Waals surface area contributed by atoms with E-state index in [-0.39, 0.29) is 24.2 Å². The second kappa shape index (κ2) is 3.10. The number of fused-ring (bicyclic) bond motifs is 1. The van der Waals surface area contributed by atoms with Crippen LogP contribution in [0.5, 0.6) is 0 Å². The number of rotatable bonds is 2. The molecule has 0 unspecified atom stereocenters. The normalized spacial score (nSPS) is 43.6. The van der Waals surface area contributed by atoms with E-state index in [4.69, 9.17) is 15.9 Å². The van der Waals surface area contributed by atoms with Crippen LogP contribution in [0.4, 0.5) is 0 Å². The van der Waals surface area contributed by atoms with Gasteiger partial charge in [-0.1, -0.05) is 0 Å². The van der Waals surface area contributed by atoms with E-state index in [1.807, 2.05) is 0 Å². The zero-order chi connectivity index (χ0) is 9.80. The molecule has 0 saturated heterocycles. The van der Waals surface area contributed by atoms with Gasteiger partial charge in [0.05, 0.1) is 5.92 Å². The van der Waals surface area contributed by atoms with Crippen LogP contribution in [0.2, 0.25) is 0 Å². The van der Waals surface area contributed by atoms with Gasteiger partial charge in [0, 0.05) is 5.92 Å². The molecule has 2 fully saturated rings. The Kier molecular flexibility index (Phi) is 2.49. The van der Waals surface area contributed by atoms with Crippen LogP contribution in [0.3, 0.4) is 0 Å². The summed E-state index contributed by atoms with van der Waals surface area (Å²) in [7, 11) is 0. The quantitative estimate of drug-likeness (QED) is 0.606. The summed E-state index contributed by atoms with van der Waals surface area (Å²) < 4.78 is 0. The molecule has 0 radical (unpaired) electrons. The van der Waals surface area contributed by atoms with E-state index in [0.29, 0.717) is 12.8 Å². The van der Waals surface area contributed by atoms with Crippen molar-refractivity contribution < 1.29 is 19.8 Å². The standard InChI is InChI=1S/C8H11NO4.ClH/c9-8(7(12)13)4-2-1-3(5(4)8)6(10)11;/h3-5H,1-2,9H2,(H,10,11)(H,12,13);1H/t3-,4-,5+,8+;/m0./s1. The Balaban J connectivity index is 0.000000980. The Morgan fingerprint density at radius 1 is 1.29 bits per heavy atom. The molecule has 2 aliphatic rings. The SMILES string of the molecule is Cl.N[C@@]1(C(=O)O)[C@@H]2[C@@H](C(=O)O)CC[C@@H]21. The molecule has 0 heterocycles. The predicted molar refractivity (Wildman–Crippen MR) is 49.1 cm³/mol. The summed E-state index contributed by atoms with van der Waals surface area (Å²) in [5.74, 6) is -2.99. The highest BCUT2D eigenvalue weighted by Crippen LogP contribution is 2.61. The number of hydrogen-bond donors (Lipinski definition) is 3. The molecule has 4 atom stereocenters. The van der Waals surface area contributed by atoms with Gasteiger partial charge in [0.2, 0.25) is 0 Å². The third kappa shape index (κ3) is 1.12. The topological polar surface area (TPSA) is 101 Å². The van der Waals surface area contributed by atoms with Crippen molar-refractivity contribution in [3.05, 3.63) is 0 Å². The largest absolute Gasteiger partial charge is 0.481 e. The van der Waals surface area contributed by atoms with Gasteiger partial charge in [-0.25, -0.2) is 0 Å². The molecule has 0 bridgehead atoms. The molecule has 4 N–H and O–H groups in total. The molecule has 2 aliphatic carbocycles. The lowest BCUT2D eigenvalue weighted by molar-refractivity contribution is -0.144. The minimum absolute atomic E-state index is 0. The molecule has 0 aromatic carbocycles. The molecule has 2 rings (SSSR count). The fourth-order valence-electron chi connectivity index (χ4n) is 2.66. The average molecular weight is 222 g/mol. The van der Waals surface area contributed by atoms with E-state index in [9.17, 15) is 9.59 Å². The van der Waals surface area contributed by atoms with Crippen LogP contribution in [-0.4, -0.2) is 27.7 Å². The molecular formula is C8H12ClNO4. The minimum atomic E-state index is -1.25. The number of nitrogens with two attached hydrogens (primary N) is 1. The van der Waals surface area contributed by atoms with Gasteiger partial charge in [0.15, 0.2) is 0 Å². The van der Waals surface area contributed by atoms with Gasteiger partial charge >= 0.3 is 11.9 Å². The van der Waals surface area contributed by atoms with Gasteiger partial charge < -0.3 is 15.9 Å². The van der Waals surface area contributed by atoms with Crippen molar-refractivity contribution in [1.82, 2.24) is 0 Å². The smallest absolute Gasteiger partial charge is 0.324 e. The van der Waals surface area contributed by atoms with E-state index in [2.05, 4.69) is 0 Å². The monoisotopic (exact) mass is 221 g/mol. The lowest BCUT2D eigenvalue weighted by atomic mass is 9.97. The zero-order valence-corrected chi connectivity index (χ0v) is 8.16. The molecule has 2 saturated carbocycles. The van der Waals surface area contributed by atoms with Gasteiger partial charge in [0.1, 0.15) is 5.54 Å². The Hall–Kier alpha value is -0.810. The Labute approximate surface area is 86.7 Å². The van der Waals surface area contributed by atoms with Crippen LogP contribution >= 0.6 is 12.4 Å². The summed E-state index contributed by atoms with van der Waals surface area (Å²) in [5, 5.41) is 17.6. The second-order valence-corrected chi connectivity index (χ2v) is 3.89. The molecule has 6 heteroatoms. The van der Waals surface area contributed by atoms with Gasteiger partial charge in [-0.2, -0.15) is 0 Å². The summed E-state index contributed by atoms with van der Waals surface area (Å²) in [4.78, 5) is 21.4. The maximum absolute atomic E-state index is 10.7. The number of halogens is 1. The number of carbonyl (C=O) groups is 2. The van der Waals surface area contributed by atoms with E-state index >= 15 is 0 Å². The van der Waals surface area contributed by atoms with Crippen LogP contribution < -0.4 is 5.73 Å². The average Bonchev–Trinajstić information content (AvgIpc) is 2.44. The highest BCUT2D eigenvalue weighted by Gasteiger charge is 2.73. The van der Waals surface area contributed by atoms with E-state index in [0.717, 1.165) is 0 Å². The third-order valence-electron chi connectivity index (χ3n) is 3.40. The van der Waals surface area contributed by atoms with Crippen LogP contribution in [0.1, 0.15) is 12.8 Å². The van der Waals surface area contributed by atoms with Crippen LogP contribution in [0.25, 0.3) is 0 Å². The number of aliphatic carboxylic acids is 2. The third-order valence-corrected chi connectivity index (χ3v) is 3.40. The lowest BCUT2D eigenvalue weighted by Gasteiger charge is -2.13. The van der Waals surface area contributed by atoms with Crippen molar-refractivity contribution in [3.63, 3.8) is 0 Å². The first kappa shape index (κ1) is 11.3. The molecule has 0 amide bonds. The van der Waals surface area contributed by atoms with Crippen LogP contribution in [0.15, 0.2) is 0 Å². The van der Waals surface area contributed by atoms with Crippen molar-refractivity contribution in [2.24, 2.45) is 23.5 Å². The van der Waals surface area contributed by atoms with Crippen LogP contribution in [-0.2, 0) is 9.59 Å². The molecule has 14 heavy (non-hydrogen) atoms. The highest BCUT2D eigenvalue weighted by molar-refractivity contribution is 5.87. The molecule has 5 nitrogen and oxygen atoms in total. The summed E-state index contributed by atoms with van der Waals surface area (Å²) in [6.07, 6.45) is 1.20. The minimum Gasteiger partial charge on any atom is -0.481 e. The second-order valence-electron chi connectivity index (χ2n) is 3.89. The van der Waals surface area contributed by atoms with Gasteiger partial charge in [-0.15, -0.1) is 12.4 Å². The maximum Gasteiger partial charge on any atom is 0.324 e. The molecule has 0 aromatic rings. The van der Waals surface area contributed by atoms with Crippen molar-refractivity contribution in [2.75, 3.05) is 0 Å². The summed E-state index contributed by atoms with van der Waals surface area (Å²) in [6, 6.07) is 0. The Morgan fingerprint density at radius 2 is 1.86 bits per heavy atom. The zero-order valence-electron chi connectivity index (χ0n) is 7.34. The summed E-state index contributed by atoms with van der Waals surface area (Å²) >= 11 is 0. The van der Waals surface area contributed by atoms with Gasteiger partial charge in [-0.05, 0) is 18.8 Å². The highest BCUT2D eigenvalue weighted by atomic mass is 35.5. The fourth-order valence-corrected chi connectivity index (χ4v) is 2.66. The Bertz CT molecular complexity index is 295. The molecule has 80 valence electrons. The molecule has 0 aromatic heterocycles. The van der Waals surface area contributed by atoms with E-state index in [1.165, 1.54) is 0 Å². The van der Waals surface area contributed by atoms with Crippen molar-refractivity contribution in [3.8, 4) is 0 Å². The molecule has 0 spiro atoms. The maximum atomic E-state index is 10.7. The lowest BCUT2D eigenvalue weighted by Crippen LogP contribution is -2.40. The summed E-state index contributed by atoms with van der Waals surface area (Å²) in [6.45, 7) is 0. The van der Waals surface area contributed by atoms with Gasteiger partial charge in [-0.3, -0.25) is 9.59 Å². The van der Waals surface area contributed by atoms with E-state index in [1.54, 1.807) is 0 Å². The predicted octanol–water partition coefficient (Wildman–Crippen LogP) is -0.0691. The summed E-state index contributed by atoms with van der Waals surface area (Å²) in [5.41, 5.74) is 4.36. The fraction of sp³-hybridized carbons (Fsp3) is 0.750. The number of hydrogen-bond acceptors (Lipinski definition) is 3. The molecular weight excluding hydrogens is 210 g/mol. The Morgan fingerprint density at radius 3 is 2.21 bits per heavy atom. The first-order chi connectivity index (χ1) is 5.99. The first-order valence-electron chi connectivity index (χ1n) is 4.24. The van der Waals surface area contributed by atoms with Crippen molar-refractivity contribution >= 4 is 24.3 Å². The van der Waals surface area contributed by atoms with Crippen molar-refractivity contribution in [1.29, 1.82) is 0 Å². The van der Waals surface area contributed by atoms with Crippen LogP contribution in [0, 0.1) is 17.8 Å². The van der Waals surface area contributed by atoms with E-state index < -0.39 is 23.4 Å². The number of carboxylic acid groups (broad SMARTS) is 2. The van der Waals surface area contributed by atoms with Crippen molar-refractivity contribution in [2.45, 2.75) is 18.4 Å². The number of carboxylic acids is 2. The first-order valence-corrected chi connectivity index (χ1v) is 4.24.